The summed E-state index contributed by atoms with van der Waals surface area (Å²) in [4.78, 5) is 14.0. The van der Waals surface area contributed by atoms with Gasteiger partial charge in [-0.25, -0.2) is 12.7 Å². The summed E-state index contributed by atoms with van der Waals surface area (Å²) in [6.45, 7) is 7.30. The second-order valence-corrected chi connectivity index (χ2v) is 7.20. The molecule has 21 heavy (non-hydrogen) atoms. The molecular formula is C13H27N3O4S. The molecule has 0 aromatic carbocycles. The zero-order valence-corrected chi connectivity index (χ0v) is 13.8. The fourth-order valence-electron chi connectivity index (χ4n) is 2.19. The van der Waals surface area contributed by atoms with Crippen LogP contribution < -0.4 is 5.32 Å². The van der Waals surface area contributed by atoms with E-state index < -0.39 is 10.0 Å². The molecule has 124 valence electrons. The van der Waals surface area contributed by atoms with E-state index in [1.807, 2.05) is 6.92 Å². The number of carbonyl (C=O) groups is 1. The van der Waals surface area contributed by atoms with Crippen LogP contribution in [0.2, 0.25) is 0 Å². The molecule has 7 nitrogen and oxygen atoms in total. The maximum atomic E-state index is 11.7. The van der Waals surface area contributed by atoms with E-state index >= 15 is 0 Å². The number of morpholine rings is 1. The van der Waals surface area contributed by atoms with Gasteiger partial charge in [-0.2, -0.15) is 0 Å². The minimum Gasteiger partial charge on any atom is -0.379 e. The maximum Gasteiger partial charge on any atom is 0.221 e. The molecule has 1 fully saturated rings. The molecule has 0 aromatic heterocycles. The lowest BCUT2D eigenvalue weighted by Crippen LogP contribution is -2.42. The van der Waals surface area contributed by atoms with Gasteiger partial charge in [0.05, 0.1) is 19.5 Å². The largest absolute Gasteiger partial charge is 0.379 e. The van der Waals surface area contributed by atoms with Gasteiger partial charge < -0.3 is 10.1 Å². The van der Waals surface area contributed by atoms with Gasteiger partial charge in [0.1, 0.15) is 0 Å². The Bertz CT molecular complexity index is 408. The zero-order valence-electron chi connectivity index (χ0n) is 13.0. The minimum absolute atomic E-state index is 0.104. The quantitative estimate of drug-likeness (QED) is 0.619. The first kappa shape index (κ1) is 18.3. The van der Waals surface area contributed by atoms with Crippen molar-refractivity contribution in [3.8, 4) is 0 Å². The van der Waals surface area contributed by atoms with E-state index in [1.54, 1.807) is 0 Å². The molecule has 0 saturated carbocycles. The van der Waals surface area contributed by atoms with Crippen molar-refractivity contribution in [3.63, 3.8) is 0 Å². The second-order valence-electron chi connectivity index (χ2n) is 5.22. The van der Waals surface area contributed by atoms with Crippen molar-refractivity contribution in [2.75, 3.05) is 58.7 Å². The maximum absolute atomic E-state index is 11.7. The number of rotatable bonds is 9. The average molecular weight is 321 g/mol. The fraction of sp³-hybridized carbons (Fsp3) is 0.923. The molecule has 1 rings (SSSR count). The Hall–Kier alpha value is -0.700. The molecular weight excluding hydrogens is 294 g/mol. The van der Waals surface area contributed by atoms with Crippen molar-refractivity contribution >= 4 is 15.9 Å². The lowest BCUT2D eigenvalue weighted by molar-refractivity contribution is -0.121. The summed E-state index contributed by atoms with van der Waals surface area (Å²) < 4.78 is 29.7. The van der Waals surface area contributed by atoms with Gasteiger partial charge in [0.25, 0.3) is 0 Å². The van der Waals surface area contributed by atoms with Gasteiger partial charge in [-0.15, -0.1) is 0 Å². The van der Waals surface area contributed by atoms with Gasteiger partial charge >= 0.3 is 0 Å². The van der Waals surface area contributed by atoms with E-state index in [-0.39, 0.29) is 18.9 Å². The number of carbonyl (C=O) groups excluding carboxylic acids is 1. The molecule has 1 amide bonds. The van der Waals surface area contributed by atoms with Gasteiger partial charge in [0, 0.05) is 45.7 Å². The smallest absolute Gasteiger partial charge is 0.221 e. The molecule has 8 heteroatoms. The third kappa shape index (κ3) is 7.75. The molecule has 1 saturated heterocycles. The summed E-state index contributed by atoms with van der Waals surface area (Å²) in [7, 11) is -3.23. The third-order valence-corrected chi connectivity index (χ3v) is 4.69. The van der Waals surface area contributed by atoms with Crippen molar-refractivity contribution in [2.45, 2.75) is 19.8 Å². The van der Waals surface area contributed by atoms with E-state index in [0.29, 0.717) is 13.1 Å². The topological polar surface area (TPSA) is 79.0 Å². The van der Waals surface area contributed by atoms with Gasteiger partial charge in [0.2, 0.25) is 15.9 Å². The molecule has 1 N–H and O–H groups in total. The molecule has 1 aliphatic rings. The molecule has 0 atom stereocenters. The normalized spacial score (nSPS) is 17.1. The highest BCUT2D eigenvalue weighted by molar-refractivity contribution is 7.88. The van der Waals surface area contributed by atoms with Crippen LogP contribution in [0.5, 0.6) is 0 Å². The lowest BCUT2D eigenvalue weighted by atomic mass is 10.3. The predicted octanol–water partition coefficient (Wildman–Crippen LogP) is -0.503. The highest BCUT2D eigenvalue weighted by Crippen LogP contribution is 2.01. The molecule has 0 aliphatic carbocycles. The Morgan fingerprint density at radius 3 is 2.52 bits per heavy atom. The Labute approximate surface area is 127 Å². The molecule has 0 bridgehead atoms. The summed E-state index contributed by atoms with van der Waals surface area (Å²) in [6, 6.07) is 0. The Morgan fingerprint density at radius 2 is 1.95 bits per heavy atom. The van der Waals surface area contributed by atoms with Gasteiger partial charge in [-0.05, 0) is 6.42 Å². The van der Waals surface area contributed by atoms with E-state index in [0.717, 1.165) is 39.3 Å². The highest BCUT2D eigenvalue weighted by atomic mass is 32.2. The summed E-state index contributed by atoms with van der Waals surface area (Å²) in [6.07, 6.45) is 2.13. The molecule has 0 unspecified atom stereocenters. The standard InChI is InChI=1S/C13H27N3O4S/c1-3-6-16(21(2,18)19)7-4-13(17)14-5-8-15-9-11-20-12-10-15/h3-12H2,1-2H3,(H,14,17). The van der Waals surface area contributed by atoms with Crippen LogP contribution in [-0.4, -0.2) is 82.3 Å². The van der Waals surface area contributed by atoms with E-state index in [2.05, 4.69) is 10.2 Å². The zero-order chi connectivity index (χ0) is 15.7. The van der Waals surface area contributed by atoms with Crippen LogP contribution in [0, 0.1) is 0 Å². The van der Waals surface area contributed by atoms with Crippen molar-refractivity contribution in [2.24, 2.45) is 0 Å². The first-order valence-corrected chi connectivity index (χ1v) is 9.30. The number of amides is 1. The van der Waals surface area contributed by atoms with Crippen LogP contribution in [0.25, 0.3) is 0 Å². The Morgan fingerprint density at radius 1 is 1.29 bits per heavy atom. The summed E-state index contributed by atoms with van der Waals surface area (Å²) in [5.41, 5.74) is 0. The monoisotopic (exact) mass is 321 g/mol. The minimum atomic E-state index is -3.23. The van der Waals surface area contributed by atoms with Gasteiger partial charge in [-0.3, -0.25) is 9.69 Å². The molecule has 1 heterocycles. The third-order valence-electron chi connectivity index (χ3n) is 3.38. The van der Waals surface area contributed by atoms with Crippen LogP contribution in [-0.2, 0) is 19.6 Å². The molecule has 0 aromatic rings. The molecule has 0 radical (unpaired) electrons. The van der Waals surface area contributed by atoms with Crippen LogP contribution in [0.1, 0.15) is 19.8 Å². The number of hydrogen-bond acceptors (Lipinski definition) is 5. The summed E-state index contributed by atoms with van der Waals surface area (Å²) in [5.74, 6) is -0.104. The van der Waals surface area contributed by atoms with Gasteiger partial charge in [-0.1, -0.05) is 6.92 Å². The summed E-state index contributed by atoms with van der Waals surface area (Å²) in [5, 5.41) is 2.84. The van der Waals surface area contributed by atoms with Crippen LogP contribution in [0.3, 0.4) is 0 Å². The van der Waals surface area contributed by atoms with Crippen LogP contribution >= 0.6 is 0 Å². The lowest BCUT2D eigenvalue weighted by Gasteiger charge is -2.26. The average Bonchev–Trinajstić information content (AvgIpc) is 2.43. The van der Waals surface area contributed by atoms with Crippen molar-refractivity contribution in [1.82, 2.24) is 14.5 Å². The van der Waals surface area contributed by atoms with E-state index in [9.17, 15) is 13.2 Å². The first-order chi connectivity index (χ1) is 9.93. The number of nitrogens with one attached hydrogen (secondary N) is 1. The highest BCUT2D eigenvalue weighted by Gasteiger charge is 2.16. The Balaban J connectivity index is 2.20. The SMILES string of the molecule is CCCN(CCC(=O)NCCN1CCOCC1)S(C)(=O)=O. The summed E-state index contributed by atoms with van der Waals surface area (Å²) >= 11 is 0. The van der Waals surface area contributed by atoms with E-state index in [4.69, 9.17) is 4.74 Å². The number of nitrogens with zero attached hydrogens (tertiary/aromatic N) is 2. The molecule has 1 aliphatic heterocycles. The predicted molar refractivity (Wildman–Crippen MR) is 81.6 cm³/mol. The first-order valence-electron chi connectivity index (χ1n) is 7.45. The van der Waals surface area contributed by atoms with Crippen LogP contribution in [0.4, 0.5) is 0 Å². The number of sulfonamides is 1. The molecule has 0 spiro atoms. The second kappa shape index (κ2) is 9.34. The fourth-order valence-corrected chi connectivity index (χ4v) is 3.12. The van der Waals surface area contributed by atoms with Crippen molar-refractivity contribution in [3.05, 3.63) is 0 Å². The van der Waals surface area contributed by atoms with E-state index in [1.165, 1.54) is 10.6 Å². The number of hydrogen-bond donors (Lipinski definition) is 1. The van der Waals surface area contributed by atoms with Crippen molar-refractivity contribution in [1.29, 1.82) is 0 Å². The van der Waals surface area contributed by atoms with Crippen LogP contribution in [0.15, 0.2) is 0 Å². The Kier molecular flexibility index (Phi) is 8.16. The van der Waals surface area contributed by atoms with Crippen molar-refractivity contribution < 1.29 is 17.9 Å². The van der Waals surface area contributed by atoms with Gasteiger partial charge in [0.15, 0.2) is 0 Å². The number of ether oxygens (including phenoxy) is 1.